The molecule has 0 bridgehead atoms. The molecule has 2 N–H and O–H groups in total. The first kappa shape index (κ1) is 15.4. The molecule has 1 heterocycles. The van der Waals surface area contributed by atoms with E-state index in [9.17, 15) is 4.39 Å². The van der Waals surface area contributed by atoms with Crippen molar-refractivity contribution in [3.05, 3.63) is 35.1 Å². The SMILES string of the molecule is CC1CN(Cc2cc(F)cc(C(N)=S)c2)CC1N(C)C. The molecule has 1 saturated heterocycles. The Morgan fingerprint density at radius 2 is 2.10 bits per heavy atom. The van der Waals surface area contributed by atoms with Crippen LogP contribution in [0.4, 0.5) is 4.39 Å². The van der Waals surface area contributed by atoms with Gasteiger partial charge in [0.05, 0.1) is 0 Å². The lowest BCUT2D eigenvalue weighted by Crippen LogP contribution is -2.34. The summed E-state index contributed by atoms with van der Waals surface area (Å²) >= 11 is 4.93. The number of rotatable bonds is 4. The Bertz CT molecular complexity index is 504. The zero-order valence-corrected chi connectivity index (χ0v) is 13.1. The fourth-order valence-electron chi connectivity index (χ4n) is 2.99. The molecule has 1 aromatic rings. The summed E-state index contributed by atoms with van der Waals surface area (Å²) in [6.45, 7) is 5.04. The molecule has 0 saturated carbocycles. The first-order valence-electron chi connectivity index (χ1n) is 6.85. The minimum Gasteiger partial charge on any atom is -0.389 e. The predicted molar refractivity (Wildman–Crippen MR) is 84.2 cm³/mol. The summed E-state index contributed by atoms with van der Waals surface area (Å²) in [7, 11) is 4.22. The fourth-order valence-corrected chi connectivity index (χ4v) is 3.11. The molecule has 2 atom stereocenters. The molecule has 20 heavy (non-hydrogen) atoms. The van der Waals surface area contributed by atoms with Crippen molar-refractivity contribution in [3.63, 3.8) is 0 Å². The van der Waals surface area contributed by atoms with Crippen LogP contribution in [0.15, 0.2) is 18.2 Å². The van der Waals surface area contributed by atoms with Gasteiger partial charge in [0.25, 0.3) is 0 Å². The van der Waals surface area contributed by atoms with Crippen LogP contribution in [0, 0.1) is 11.7 Å². The quantitative estimate of drug-likeness (QED) is 0.859. The first-order valence-corrected chi connectivity index (χ1v) is 7.25. The highest BCUT2D eigenvalue weighted by Crippen LogP contribution is 2.22. The Labute approximate surface area is 125 Å². The average Bonchev–Trinajstić information content (AvgIpc) is 2.69. The van der Waals surface area contributed by atoms with Gasteiger partial charge < -0.3 is 10.6 Å². The van der Waals surface area contributed by atoms with Gasteiger partial charge in [0, 0.05) is 31.2 Å². The number of nitrogens with zero attached hydrogens (tertiary/aromatic N) is 2. The summed E-state index contributed by atoms with van der Waals surface area (Å²) in [4.78, 5) is 4.86. The highest BCUT2D eigenvalue weighted by atomic mass is 32.1. The van der Waals surface area contributed by atoms with E-state index in [2.05, 4.69) is 30.8 Å². The third kappa shape index (κ3) is 3.53. The molecule has 1 fully saturated rings. The highest BCUT2D eigenvalue weighted by molar-refractivity contribution is 7.80. The van der Waals surface area contributed by atoms with Crippen molar-refractivity contribution in [3.8, 4) is 0 Å². The van der Waals surface area contributed by atoms with Crippen LogP contribution in [-0.2, 0) is 6.54 Å². The minimum atomic E-state index is -0.276. The van der Waals surface area contributed by atoms with Gasteiger partial charge in [0.1, 0.15) is 10.8 Å². The summed E-state index contributed by atoms with van der Waals surface area (Å²) in [5.41, 5.74) is 7.12. The van der Waals surface area contributed by atoms with Gasteiger partial charge in [-0.25, -0.2) is 4.39 Å². The van der Waals surface area contributed by atoms with Crippen molar-refractivity contribution in [1.29, 1.82) is 0 Å². The zero-order chi connectivity index (χ0) is 14.9. The topological polar surface area (TPSA) is 32.5 Å². The molecule has 1 aliphatic heterocycles. The predicted octanol–water partition coefficient (Wildman–Crippen LogP) is 1.84. The molecule has 2 rings (SSSR count). The number of nitrogens with two attached hydrogens (primary N) is 1. The van der Waals surface area contributed by atoms with Gasteiger partial charge in [0.15, 0.2) is 0 Å². The van der Waals surface area contributed by atoms with Crippen molar-refractivity contribution < 1.29 is 4.39 Å². The number of halogens is 1. The van der Waals surface area contributed by atoms with Crippen molar-refractivity contribution >= 4 is 17.2 Å². The largest absolute Gasteiger partial charge is 0.389 e. The van der Waals surface area contributed by atoms with E-state index in [1.165, 1.54) is 6.07 Å². The maximum atomic E-state index is 13.6. The molecular weight excluding hydrogens is 273 g/mol. The van der Waals surface area contributed by atoms with E-state index < -0.39 is 0 Å². The highest BCUT2D eigenvalue weighted by Gasteiger charge is 2.30. The van der Waals surface area contributed by atoms with Gasteiger partial charge in [0.2, 0.25) is 0 Å². The van der Waals surface area contributed by atoms with Crippen LogP contribution in [0.2, 0.25) is 0 Å². The first-order chi connectivity index (χ1) is 9.36. The Morgan fingerprint density at radius 3 is 2.65 bits per heavy atom. The molecule has 0 spiro atoms. The molecule has 1 aromatic carbocycles. The Hall–Kier alpha value is -1.04. The lowest BCUT2D eigenvalue weighted by Gasteiger charge is -2.22. The molecule has 5 heteroatoms. The van der Waals surface area contributed by atoms with Crippen LogP contribution in [0.3, 0.4) is 0 Å². The van der Waals surface area contributed by atoms with Crippen LogP contribution in [-0.4, -0.2) is 48.0 Å². The molecule has 110 valence electrons. The minimum absolute atomic E-state index is 0.242. The summed E-state index contributed by atoms with van der Waals surface area (Å²) in [6.07, 6.45) is 0. The summed E-state index contributed by atoms with van der Waals surface area (Å²) in [5, 5.41) is 0. The summed E-state index contributed by atoms with van der Waals surface area (Å²) < 4.78 is 13.6. The normalized spacial score (nSPS) is 23.4. The number of thiocarbonyl (C=S) groups is 1. The number of likely N-dealkylation sites (N-methyl/N-ethyl adjacent to an activating group) is 1. The summed E-state index contributed by atoms with van der Waals surface area (Å²) in [6, 6.07) is 5.40. The standard InChI is InChI=1S/C15H22FN3S/c1-10-7-19(9-14(10)18(2)3)8-11-4-12(15(17)20)6-13(16)5-11/h4-6,10,14H,7-9H2,1-3H3,(H2,17,20). The van der Waals surface area contributed by atoms with Gasteiger partial charge in [-0.1, -0.05) is 19.1 Å². The number of benzene rings is 1. The molecule has 0 aromatic heterocycles. The molecular formula is C15H22FN3S. The second-order valence-electron chi connectivity index (χ2n) is 5.91. The van der Waals surface area contributed by atoms with Gasteiger partial charge in [-0.2, -0.15) is 0 Å². The molecule has 0 amide bonds. The molecule has 0 radical (unpaired) electrons. The van der Waals surface area contributed by atoms with E-state index in [1.807, 2.05) is 6.07 Å². The maximum Gasteiger partial charge on any atom is 0.124 e. The Kier molecular flexibility index (Phi) is 4.73. The number of hydrogen-bond acceptors (Lipinski definition) is 3. The maximum absolute atomic E-state index is 13.6. The van der Waals surface area contributed by atoms with E-state index in [0.717, 1.165) is 25.2 Å². The Balaban J connectivity index is 2.09. The zero-order valence-electron chi connectivity index (χ0n) is 12.3. The fraction of sp³-hybridized carbons (Fsp3) is 0.533. The smallest absolute Gasteiger partial charge is 0.124 e. The molecule has 3 nitrogen and oxygen atoms in total. The molecule has 0 aliphatic carbocycles. The monoisotopic (exact) mass is 295 g/mol. The van der Waals surface area contributed by atoms with E-state index in [4.69, 9.17) is 18.0 Å². The second-order valence-corrected chi connectivity index (χ2v) is 6.35. The van der Waals surface area contributed by atoms with Crippen molar-refractivity contribution in [2.45, 2.75) is 19.5 Å². The van der Waals surface area contributed by atoms with Crippen LogP contribution in [0.25, 0.3) is 0 Å². The van der Waals surface area contributed by atoms with Crippen LogP contribution in [0.1, 0.15) is 18.1 Å². The van der Waals surface area contributed by atoms with E-state index >= 15 is 0 Å². The van der Waals surface area contributed by atoms with Crippen LogP contribution >= 0.6 is 12.2 Å². The van der Waals surface area contributed by atoms with Crippen molar-refractivity contribution in [2.24, 2.45) is 11.7 Å². The summed E-state index contributed by atoms with van der Waals surface area (Å²) in [5.74, 6) is 0.343. The average molecular weight is 295 g/mol. The van der Waals surface area contributed by atoms with Gasteiger partial charge >= 0.3 is 0 Å². The van der Waals surface area contributed by atoms with Crippen molar-refractivity contribution in [2.75, 3.05) is 27.2 Å². The number of hydrogen-bond donors (Lipinski definition) is 1. The van der Waals surface area contributed by atoms with E-state index in [1.54, 1.807) is 6.07 Å². The molecule has 2 unspecified atom stereocenters. The molecule has 1 aliphatic rings. The van der Waals surface area contributed by atoms with Crippen LogP contribution in [0.5, 0.6) is 0 Å². The van der Waals surface area contributed by atoms with E-state index in [-0.39, 0.29) is 10.8 Å². The van der Waals surface area contributed by atoms with E-state index in [0.29, 0.717) is 17.5 Å². The lowest BCUT2D eigenvalue weighted by molar-refractivity contribution is 0.250. The third-order valence-corrected chi connectivity index (χ3v) is 4.20. The Morgan fingerprint density at radius 1 is 1.40 bits per heavy atom. The van der Waals surface area contributed by atoms with Gasteiger partial charge in [-0.15, -0.1) is 0 Å². The van der Waals surface area contributed by atoms with Crippen molar-refractivity contribution in [1.82, 2.24) is 9.80 Å². The van der Waals surface area contributed by atoms with Gasteiger partial charge in [-0.05, 0) is 43.8 Å². The third-order valence-electron chi connectivity index (χ3n) is 3.96. The van der Waals surface area contributed by atoms with Gasteiger partial charge in [-0.3, -0.25) is 4.90 Å². The second kappa shape index (κ2) is 6.16. The lowest BCUT2D eigenvalue weighted by atomic mass is 10.1. The number of likely N-dealkylation sites (tertiary alicyclic amines) is 1. The van der Waals surface area contributed by atoms with Crippen LogP contribution < -0.4 is 5.73 Å².